The number of hydrogen-bond donors (Lipinski definition) is 0. The summed E-state index contributed by atoms with van der Waals surface area (Å²) < 4.78 is 18.5. The zero-order chi connectivity index (χ0) is 20.0. The maximum atomic E-state index is 6.45. The molecule has 0 spiro atoms. The lowest BCUT2D eigenvalue weighted by atomic mass is 9.97. The van der Waals surface area contributed by atoms with E-state index in [9.17, 15) is 0 Å². The van der Waals surface area contributed by atoms with Gasteiger partial charge in [-0.15, -0.1) is 11.3 Å². The van der Waals surface area contributed by atoms with Crippen molar-refractivity contribution < 1.29 is 14.2 Å². The minimum Gasteiger partial charge on any atom is -0.497 e. The number of methoxy groups -OCH3 is 2. The molecule has 29 heavy (non-hydrogen) atoms. The van der Waals surface area contributed by atoms with E-state index in [2.05, 4.69) is 44.5 Å². The summed E-state index contributed by atoms with van der Waals surface area (Å²) in [4.78, 5) is 1.19. The van der Waals surface area contributed by atoms with E-state index in [4.69, 9.17) is 19.3 Å². The molecule has 2 aromatic carbocycles. The summed E-state index contributed by atoms with van der Waals surface area (Å²) in [6, 6.07) is 16.2. The highest BCUT2D eigenvalue weighted by Gasteiger charge is 2.42. The predicted molar refractivity (Wildman–Crippen MR) is 117 cm³/mol. The summed E-state index contributed by atoms with van der Waals surface area (Å²) in [5, 5.41) is 9.14. The van der Waals surface area contributed by atoms with Crippen LogP contribution in [0.15, 0.2) is 63.5 Å². The van der Waals surface area contributed by atoms with Crippen LogP contribution in [0.25, 0.3) is 0 Å². The van der Waals surface area contributed by atoms with Gasteiger partial charge in [-0.3, -0.25) is 0 Å². The number of thiophene rings is 1. The molecule has 0 N–H and O–H groups in total. The van der Waals surface area contributed by atoms with Crippen molar-refractivity contribution in [3.63, 3.8) is 0 Å². The zero-order valence-electron chi connectivity index (χ0n) is 16.0. The van der Waals surface area contributed by atoms with Gasteiger partial charge in [-0.2, -0.15) is 5.10 Å². The topological polar surface area (TPSA) is 43.3 Å². The molecule has 0 amide bonds. The second kappa shape index (κ2) is 7.39. The first-order valence-electron chi connectivity index (χ1n) is 9.25. The summed E-state index contributed by atoms with van der Waals surface area (Å²) in [6.45, 7) is 0. The number of benzene rings is 2. The molecule has 0 bridgehead atoms. The molecule has 2 unspecified atom stereocenters. The van der Waals surface area contributed by atoms with E-state index >= 15 is 0 Å². The van der Waals surface area contributed by atoms with Crippen LogP contribution in [0, 0.1) is 0 Å². The van der Waals surface area contributed by atoms with Gasteiger partial charge in [0.25, 0.3) is 0 Å². The van der Waals surface area contributed by atoms with E-state index in [1.807, 2.05) is 30.3 Å². The van der Waals surface area contributed by atoms with Gasteiger partial charge in [0.05, 0.1) is 36.4 Å². The molecule has 3 heterocycles. The number of hydrazone groups is 1. The van der Waals surface area contributed by atoms with E-state index in [0.29, 0.717) is 5.75 Å². The van der Waals surface area contributed by atoms with Gasteiger partial charge >= 0.3 is 0 Å². The third-order valence-corrected chi connectivity index (χ3v) is 6.68. The molecule has 1 aromatic heterocycles. The van der Waals surface area contributed by atoms with Crippen LogP contribution in [0.4, 0.5) is 0 Å². The van der Waals surface area contributed by atoms with Crippen molar-refractivity contribution in [2.24, 2.45) is 5.10 Å². The monoisotopic (exact) mass is 470 g/mol. The Hall–Kier alpha value is -2.51. The van der Waals surface area contributed by atoms with Crippen molar-refractivity contribution >= 4 is 33.0 Å². The van der Waals surface area contributed by atoms with Crippen LogP contribution in [0.5, 0.6) is 17.2 Å². The van der Waals surface area contributed by atoms with Crippen LogP contribution in [-0.2, 0) is 0 Å². The fourth-order valence-electron chi connectivity index (χ4n) is 3.88. The van der Waals surface area contributed by atoms with Crippen molar-refractivity contribution in [3.05, 3.63) is 74.4 Å². The van der Waals surface area contributed by atoms with Crippen molar-refractivity contribution in [1.29, 1.82) is 0 Å². The van der Waals surface area contributed by atoms with E-state index in [0.717, 1.165) is 39.2 Å². The zero-order valence-corrected chi connectivity index (χ0v) is 18.4. The van der Waals surface area contributed by atoms with E-state index in [1.54, 1.807) is 25.6 Å². The molecule has 3 aromatic rings. The van der Waals surface area contributed by atoms with Crippen molar-refractivity contribution in [3.8, 4) is 17.2 Å². The molecular formula is C22H19BrN2O3S. The lowest BCUT2D eigenvalue weighted by molar-refractivity contribution is -0.0204. The average Bonchev–Trinajstić information content (AvgIpc) is 3.43. The fraction of sp³-hybridized carbons (Fsp3) is 0.227. The highest BCUT2D eigenvalue weighted by molar-refractivity contribution is 9.10. The first-order valence-corrected chi connectivity index (χ1v) is 10.9. The summed E-state index contributed by atoms with van der Waals surface area (Å²) in [5.41, 5.74) is 3.14. The molecule has 2 aliphatic heterocycles. The van der Waals surface area contributed by atoms with Crippen LogP contribution >= 0.6 is 27.3 Å². The molecule has 148 valence electrons. The van der Waals surface area contributed by atoms with Gasteiger partial charge in [-0.1, -0.05) is 22.0 Å². The number of ether oxygens (including phenoxy) is 3. The van der Waals surface area contributed by atoms with Gasteiger partial charge in [-0.25, -0.2) is 5.01 Å². The standard InChI is InChI=1S/C22H19BrN2O3S/c1-26-14-6-7-15(20(11-14)27-2)22-25-18(12-17(24-25)21-4-3-9-29-21)16-10-13(23)5-8-19(16)28-22/h3-11,18,22H,12H2,1-2H3. The fourth-order valence-corrected chi connectivity index (χ4v) is 4.98. The summed E-state index contributed by atoms with van der Waals surface area (Å²) in [5.74, 6) is 2.33. The highest BCUT2D eigenvalue weighted by Crippen LogP contribution is 2.50. The van der Waals surface area contributed by atoms with E-state index < -0.39 is 0 Å². The van der Waals surface area contributed by atoms with Crippen molar-refractivity contribution in [1.82, 2.24) is 5.01 Å². The third-order valence-electron chi connectivity index (χ3n) is 5.26. The normalized spacial score (nSPS) is 19.8. The van der Waals surface area contributed by atoms with Crippen LogP contribution in [0.3, 0.4) is 0 Å². The minimum absolute atomic E-state index is 0.102. The van der Waals surface area contributed by atoms with Gasteiger partial charge in [0.15, 0.2) is 0 Å². The van der Waals surface area contributed by atoms with Crippen LogP contribution < -0.4 is 14.2 Å². The van der Waals surface area contributed by atoms with Gasteiger partial charge in [0.1, 0.15) is 17.2 Å². The molecule has 0 saturated carbocycles. The molecule has 2 aliphatic rings. The first kappa shape index (κ1) is 18.5. The summed E-state index contributed by atoms with van der Waals surface area (Å²) >= 11 is 5.31. The molecule has 0 saturated heterocycles. The Balaban J connectivity index is 1.63. The Kier molecular flexibility index (Phi) is 4.72. The van der Waals surface area contributed by atoms with E-state index in [-0.39, 0.29) is 12.3 Å². The minimum atomic E-state index is -0.382. The first-order chi connectivity index (χ1) is 14.2. The number of nitrogens with zero attached hydrogens (tertiary/aromatic N) is 2. The number of halogens is 1. The van der Waals surface area contributed by atoms with Gasteiger partial charge < -0.3 is 14.2 Å². The maximum Gasteiger partial charge on any atom is 0.217 e. The van der Waals surface area contributed by atoms with Crippen LogP contribution in [-0.4, -0.2) is 24.9 Å². The second-order valence-corrected chi connectivity index (χ2v) is 8.75. The Morgan fingerprint density at radius 2 is 2.00 bits per heavy atom. The third kappa shape index (κ3) is 3.18. The van der Waals surface area contributed by atoms with Crippen LogP contribution in [0.2, 0.25) is 0 Å². The average molecular weight is 471 g/mol. The largest absolute Gasteiger partial charge is 0.497 e. The molecule has 5 rings (SSSR count). The predicted octanol–water partition coefficient (Wildman–Crippen LogP) is 5.77. The molecular weight excluding hydrogens is 452 g/mol. The maximum absolute atomic E-state index is 6.45. The number of hydrogen-bond acceptors (Lipinski definition) is 6. The van der Waals surface area contributed by atoms with Crippen LogP contribution in [0.1, 0.15) is 34.7 Å². The Labute approximate surface area is 181 Å². The molecule has 2 atom stereocenters. The van der Waals surface area contributed by atoms with Crippen molar-refractivity contribution in [2.75, 3.05) is 14.2 Å². The van der Waals surface area contributed by atoms with Gasteiger partial charge in [0.2, 0.25) is 6.23 Å². The Morgan fingerprint density at radius 3 is 2.76 bits per heavy atom. The summed E-state index contributed by atoms with van der Waals surface area (Å²) in [7, 11) is 3.31. The van der Waals surface area contributed by atoms with Gasteiger partial charge in [-0.05, 0) is 41.8 Å². The molecule has 7 heteroatoms. The highest BCUT2D eigenvalue weighted by atomic mass is 79.9. The Bertz CT molecular complexity index is 1080. The quantitative estimate of drug-likeness (QED) is 0.485. The molecule has 0 radical (unpaired) electrons. The lowest BCUT2D eigenvalue weighted by Crippen LogP contribution is -2.34. The van der Waals surface area contributed by atoms with Gasteiger partial charge in [0, 0.05) is 22.5 Å². The number of fused-ring (bicyclic) bond motifs is 3. The number of rotatable bonds is 4. The summed E-state index contributed by atoms with van der Waals surface area (Å²) in [6.07, 6.45) is 0.453. The molecule has 5 nitrogen and oxygen atoms in total. The smallest absolute Gasteiger partial charge is 0.217 e. The SMILES string of the molecule is COc1ccc(C2Oc3ccc(Br)cc3C3CC(c4cccs4)=NN32)c(OC)c1. The molecule has 0 aliphatic carbocycles. The van der Waals surface area contributed by atoms with E-state index in [1.165, 1.54) is 4.88 Å². The molecule has 0 fully saturated rings. The van der Waals surface area contributed by atoms with Crippen molar-refractivity contribution in [2.45, 2.75) is 18.7 Å². The lowest BCUT2D eigenvalue weighted by Gasteiger charge is -2.38. The second-order valence-electron chi connectivity index (χ2n) is 6.88. The Morgan fingerprint density at radius 1 is 1.10 bits per heavy atom.